The van der Waals surface area contributed by atoms with Crippen molar-refractivity contribution in [1.29, 1.82) is 0 Å². The molecule has 2 aromatic carbocycles. The van der Waals surface area contributed by atoms with Crippen molar-refractivity contribution >= 4 is 11.5 Å². The molecule has 0 bridgehead atoms. The molecule has 1 aliphatic rings. The second kappa shape index (κ2) is 8.19. The van der Waals surface area contributed by atoms with Crippen molar-refractivity contribution < 1.29 is 4.74 Å². The number of aryl methyl sites for hydroxylation is 2. The van der Waals surface area contributed by atoms with Crippen molar-refractivity contribution in [3.8, 4) is 22.3 Å². The fourth-order valence-corrected chi connectivity index (χ4v) is 4.13. The van der Waals surface area contributed by atoms with Crippen molar-refractivity contribution in [3.05, 3.63) is 59.2 Å². The Balaban J connectivity index is 1.46. The van der Waals surface area contributed by atoms with Crippen molar-refractivity contribution in [2.24, 2.45) is 0 Å². The molecule has 1 fully saturated rings. The number of rotatable bonds is 6. The summed E-state index contributed by atoms with van der Waals surface area (Å²) in [4.78, 5) is 7.10. The molecule has 0 radical (unpaired) electrons. The Bertz CT molecular complexity index is 901. The lowest BCUT2D eigenvalue weighted by molar-refractivity contribution is 0.343. The summed E-state index contributed by atoms with van der Waals surface area (Å²) in [6, 6.07) is 14.4. The minimum absolute atomic E-state index is 0.584. The van der Waals surface area contributed by atoms with Gasteiger partial charge < -0.3 is 9.64 Å². The van der Waals surface area contributed by atoms with Gasteiger partial charge in [0.05, 0.1) is 0 Å². The van der Waals surface area contributed by atoms with E-state index in [1.807, 2.05) is 30.3 Å². The van der Waals surface area contributed by atoms with Gasteiger partial charge in [0, 0.05) is 23.6 Å². The molecular formula is C22H25N3OS. The first kappa shape index (κ1) is 18.1. The van der Waals surface area contributed by atoms with Gasteiger partial charge in [-0.05, 0) is 69.0 Å². The quantitative estimate of drug-likeness (QED) is 0.586. The van der Waals surface area contributed by atoms with Gasteiger partial charge in [-0.2, -0.15) is 9.36 Å². The van der Waals surface area contributed by atoms with E-state index in [0.717, 1.165) is 29.8 Å². The summed E-state index contributed by atoms with van der Waals surface area (Å²) in [6.07, 6.45) is 3.79. The molecule has 0 atom stereocenters. The Kier molecular flexibility index (Phi) is 5.50. The van der Waals surface area contributed by atoms with Gasteiger partial charge >= 0.3 is 0 Å². The van der Waals surface area contributed by atoms with E-state index < -0.39 is 0 Å². The van der Waals surface area contributed by atoms with Crippen molar-refractivity contribution in [2.75, 3.05) is 19.6 Å². The van der Waals surface area contributed by atoms with E-state index in [1.165, 1.54) is 48.6 Å². The lowest BCUT2D eigenvalue weighted by Crippen LogP contribution is -2.22. The van der Waals surface area contributed by atoms with Crippen LogP contribution < -0.4 is 4.74 Å². The topological polar surface area (TPSA) is 38.3 Å². The largest absolute Gasteiger partial charge is 0.430 e. The van der Waals surface area contributed by atoms with E-state index in [1.54, 1.807) is 0 Å². The molecule has 0 saturated carbocycles. The van der Waals surface area contributed by atoms with E-state index in [-0.39, 0.29) is 0 Å². The van der Waals surface area contributed by atoms with Crippen LogP contribution >= 0.6 is 11.5 Å². The summed E-state index contributed by atoms with van der Waals surface area (Å²) in [5.41, 5.74) is 4.85. The fourth-order valence-electron chi connectivity index (χ4n) is 3.56. The zero-order valence-electron chi connectivity index (χ0n) is 15.9. The molecule has 3 aromatic rings. The molecule has 140 valence electrons. The average Bonchev–Trinajstić information content (AvgIpc) is 3.36. The predicted molar refractivity (Wildman–Crippen MR) is 111 cm³/mol. The first-order chi connectivity index (χ1) is 13.2. The lowest BCUT2D eigenvalue weighted by Gasteiger charge is -2.16. The van der Waals surface area contributed by atoms with Crippen LogP contribution in [-0.2, 0) is 6.42 Å². The normalized spacial score (nSPS) is 14.6. The molecule has 4 rings (SSSR count). The molecule has 1 aromatic heterocycles. The van der Waals surface area contributed by atoms with Crippen LogP contribution in [0.4, 0.5) is 0 Å². The second-order valence-corrected chi connectivity index (χ2v) is 7.91. The van der Waals surface area contributed by atoms with Crippen LogP contribution in [0.5, 0.6) is 10.9 Å². The summed E-state index contributed by atoms with van der Waals surface area (Å²) < 4.78 is 10.5. The molecule has 4 nitrogen and oxygen atoms in total. The van der Waals surface area contributed by atoms with Crippen LogP contribution in [0.2, 0.25) is 0 Å². The third kappa shape index (κ3) is 4.37. The Morgan fingerprint density at radius 2 is 1.81 bits per heavy atom. The van der Waals surface area contributed by atoms with Gasteiger partial charge in [-0.25, -0.2) is 0 Å². The summed E-state index contributed by atoms with van der Waals surface area (Å²) in [7, 11) is 0. The van der Waals surface area contributed by atoms with Crippen LogP contribution in [0.25, 0.3) is 11.4 Å². The maximum atomic E-state index is 6.06. The molecule has 27 heavy (non-hydrogen) atoms. The van der Waals surface area contributed by atoms with Gasteiger partial charge in [-0.15, -0.1) is 0 Å². The van der Waals surface area contributed by atoms with Crippen molar-refractivity contribution in [2.45, 2.75) is 33.1 Å². The van der Waals surface area contributed by atoms with Crippen LogP contribution in [0.15, 0.2) is 42.5 Å². The van der Waals surface area contributed by atoms with Crippen molar-refractivity contribution in [1.82, 2.24) is 14.3 Å². The van der Waals surface area contributed by atoms with Crippen LogP contribution in [0.3, 0.4) is 0 Å². The molecule has 2 heterocycles. The fraction of sp³-hybridized carbons (Fsp3) is 0.364. The monoisotopic (exact) mass is 379 g/mol. The summed E-state index contributed by atoms with van der Waals surface area (Å²) in [5.74, 6) is 1.58. The second-order valence-electron chi connectivity index (χ2n) is 7.19. The van der Waals surface area contributed by atoms with Gasteiger partial charge in [0.15, 0.2) is 5.82 Å². The van der Waals surface area contributed by atoms with E-state index in [9.17, 15) is 0 Å². The molecule has 0 amide bonds. The summed E-state index contributed by atoms with van der Waals surface area (Å²) in [5, 5.41) is 0.584. The molecular weight excluding hydrogens is 354 g/mol. The third-order valence-corrected chi connectivity index (χ3v) is 5.76. The number of hydrogen-bond acceptors (Lipinski definition) is 5. The number of hydrogen-bond donors (Lipinski definition) is 0. The average molecular weight is 380 g/mol. The third-order valence-electron chi connectivity index (χ3n) is 5.17. The van der Waals surface area contributed by atoms with Gasteiger partial charge in [-0.3, -0.25) is 0 Å². The molecule has 0 aliphatic carbocycles. The standard InChI is InChI=1S/C22H25N3OS/c1-16-15-20(17(2)14-19(16)10-13-25-11-6-7-12-25)26-22-23-21(24-27-22)18-8-4-3-5-9-18/h3-5,8-9,14-15H,6-7,10-13H2,1-2H3. The van der Waals surface area contributed by atoms with Gasteiger partial charge in [0.1, 0.15) is 5.75 Å². The Morgan fingerprint density at radius 3 is 2.59 bits per heavy atom. The lowest BCUT2D eigenvalue weighted by atomic mass is 10.0. The molecule has 0 spiro atoms. The van der Waals surface area contributed by atoms with Gasteiger partial charge in [0.25, 0.3) is 5.19 Å². The first-order valence-electron chi connectivity index (χ1n) is 9.58. The van der Waals surface area contributed by atoms with Crippen LogP contribution in [0.1, 0.15) is 29.5 Å². The summed E-state index contributed by atoms with van der Waals surface area (Å²) in [6.45, 7) is 7.92. The number of nitrogens with zero attached hydrogens (tertiary/aromatic N) is 3. The Hall–Kier alpha value is -2.24. The van der Waals surface area contributed by atoms with Gasteiger partial charge in [-0.1, -0.05) is 36.4 Å². The number of aromatic nitrogens is 2. The molecule has 0 N–H and O–H groups in total. The van der Waals surface area contributed by atoms with Crippen LogP contribution in [-0.4, -0.2) is 33.9 Å². The van der Waals surface area contributed by atoms with E-state index in [0.29, 0.717) is 11.0 Å². The molecule has 5 heteroatoms. The summed E-state index contributed by atoms with van der Waals surface area (Å²) >= 11 is 1.30. The molecule has 0 unspecified atom stereocenters. The zero-order valence-corrected chi connectivity index (χ0v) is 16.8. The molecule has 1 saturated heterocycles. The number of ether oxygens (including phenoxy) is 1. The first-order valence-corrected chi connectivity index (χ1v) is 10.4. The van der Waals surface area contributed by atoms with E-state index in [4.69, 9.17) is 4.74 Å². The predicted octanol–water partition coefficient (Wildman–Crippen LogP) is 5.25. The smallest absolute Gasteiger partial charge is 0.299 e. The Labute approximate surface area is 165 Å². The highest BCUT2D eigenvalue weighted by Gasteiger charge is 2.14. The highest BCUT2D eigenvalue weighted by molar-refractivity contribution is 7.07. The van der Waals surface area contributed by atoms with Gasteiger partial charge in [0.2, 0.25) is 0 Å². The molecule has 1 aliphatic heterocycles. The minimum Gasteiger partial charge on any atom is -0.430 e. The van der Waals surface area contributed by atoms with E-state index in [2.05, 4.69) is 40.2 Å². The highest BCUT2D eigenvalue weighted by atomic mass is 32.1. The minimum atomic E-state index is 0.584. The van der Waals surface area contributed by atoms with E-state index >= 15 is 0 Å². The maximum absolute atomic E-state index is 6.06. The Morgan fingerprint density at radius 1 is 1.04 bits per heavy atom. The SMILES string of the molecule is Cc1cc(Oc2nc(-c3ccccc3)ns2)c(C)cc1CCN1CCCC1. The zero-order chi connectivity index (χ0) is 18.6. The number of likely N-dealkylation sites (tertiary alicyclic amines) is 1. The van der Waals surface area contributed by atoms with Crippen LogP contribution in [0, 0.1) is 13.8 Å². The van der Waals surface area contributed by atoms with Crippen molar-refractivity contribution in [3.63, 3.8) is 0 Å². The highest BCUT2D eigenvalue weighted by Crippen LogP contribution is 2.31. The number of benzene rings is 2. The maximum Gasteiger partial charge on any atom is 0.299 e.